The molecule has 0 saturated heterocycles. The minimum absolute atomic E-state index is 0.171. The normalized spacial score (nSPS) is 20.4. The number of halogens is 1. The van der Waals surface area contributed by atoms with Crippen molar-refractivity contribution in [1.82, 2.24) is 0 Å². The molecule has 1 aliphatic rings. The maximum Gasteiger partial charge on any atom is 0.0636 e. The fourth-order valence-electron chi connectivity index (χ4n) is 3.06. The highest BCUT2D eigenvalue weighted by molar-refractivity contribution is 14.1. The van der Waals surface area contributed by atoms with Gasteiger partial charge in [-0.1, -0.05) is 31.9 Å². The molecule has 1 aliphatic carbocycles. The van der Waals surface area contributed by atoms with Gasteiger partial charge in [0, 0.05) is 3.57 Å². The number of aliphatic hydroxyl groups excluding tert-OH is 1. The zero-order valence-electron chi connectivity index (χ0n) is 10.5. The summed E-state index contributed by atoms with van der Waals surface area (Å²) in [7, 11) is 0. The van der Waals surface area contributed by atoms with E-state index in [4.69, 9.17) is 0 Å². The van der Waals surface area contributed by atoms with Gasteiger partial charge in [0.2, 0.25) is 0 Å². The zero-order valence-corrected chi connectivity index (χ0v) is 12.6. The largest absolute Gasteiger partial charge is 0.392 e. The second-order valence-corrected chi connectivity index (χ2v) is 6.52. The van der Waals surface area contributed by atoms with E-state index in [-0.39, 0.29) is 11.5 Å². The Labute approximate surface area is 118 Å². The van der Waals surface area contributed by atoms with Gasteiger partial charge in [0.05, 0.1) is 6.10 Å². The van der Waals surface area contributed by atoms with E-state index >= 15 is 0 Å². The Hall–Kier alpha value is -0.0900. The van der Waals surface area contributed by atoms with Crippen LogP contribution in [0.4, 0.5) is 0 Å². The zero-order chi connectivity index (χ0) is 12.3. The van der Waals surface area contributed by atoms with Crippen molar-refractivity contribution in [2.24, 2.45) is 5.41 Å². The molecule has 1 unspecified atom stereocenters. The maximum absolute atomic E-state index is 10.5. The molecule has 1 nitrogen and oxygen atoms in total. The van der Waals surface area contributed by atoms with Crippen molar-refractivity contribution in [3.05, 3.63) is 33.4 Å². The minimum atomic E-state index is -0.171. The highest BCUT2D eigenvalue weighted by Crippen LogP contribution is 2.44. The average molecular weight is 344 g/mol. The molecule has 0 radical (unpaired) electrons. The Morgan fingerprint density at radius 3 is 2.35 bits per heavy atom. The number of aliphatic hydroxyl groups is 1. The molecule has 0 aromatic heterocycles. The molecule has 2 heteroatoms. The summed E-state index contributed by atoms with van der Waals surface area (Å²) in [5, 5.41) is 10.5. The van der Waals surface area contributed by atoms with Gasteiger partial charge in [-0.3, -0.25) is 0 Å². The molecule has 0 bridgehead atoms. The van der Waals surface area contributed by atoms with E-state index in [9.17, 15) is 5.11 Å². The third-order valence-corrected chi connectivity index (χ3v) is 5.07. The van der Waals surface area contributed by atoms with Crippen molar-refractivity contribution in [2.45, 2.75) is 51.6 Å². The monoisotopic (exact) mass is 344 g/mol. The number of rotatable bonds is 4. The van der Waals surface area contributed by atoms with Gasteiger partial charge in [-0.2, -0.15) is 0 Å². The van der Waals surface area contributed by atoms with Crippen molar-refractivity contribution in [3.63, 3.8) is 0 Å². The lowest BCUT2D eigenvalue weighted by Gasteiger charge is -2.33. The van der Waals surface area contributed by atoms with E-state index in [1.54, 1.807) is 0 Å². The Morgan fingerprint density at radius 1 is 1.24 bits per heavy atom. The van der Waals surface area contributed by atoms with E-state index in [0.717, 1.165) is 12.8 Å². The van der Waals surface area contributed by atoms with Crippen molar-refractivity contribution in [2.75, 3.05) is 0 Å². The topological polar surface area (TPSA) is 20.2 Å². The van der Waals surface area contributed by atoms with Crippen LogP contribution in [0.1, 0.15) is 44.6 Å². The molecule has 2 rings (SSSR count). The molecule has 0 aliphatic heterocycles. The van der Waals surface area contributed by atoms with E-state index in [1.165, 1.54) is 34.8 Å². The predicted octanol–water partition coefficient (Wildman–Crippen LogP) is 4.17. The minimum Gasteiger partial charge on any atom is -0.392 e. The number of hydrogen-bond acceptors (Lipinski definition) is 1. The lowest BCUT2D eigenvalue weighted by atomic mass is 9.76. The van der Waals surface area contributed by atoms with E-state index < -0.39 is 0 Å². The predicted molar refractivity (Wildman–Crippen MR) is 80.1 cm³/mol. The molecule has 94 valence electrons. The summed E-state index contributed by atoms with van der Waals surface area (Å²) in [5.41, 5.74) is 1.46. The molecule has 1 aromatic carbocycles. The average Bonchev–Trinajstić information content (AvgIpc) is 2.82. The highest BCUT2D eigenvalue weighted by Gasteiger charge is 2.38. The second-order valence-electron chi connectivity index (χ2n) is 5.27. The van der Waals surface area contributed by atoms with Crippen LogP contribution in [0.15, 0.2) is 24.3 Å². The Kier molecular flexibility index (Phi) is 4.47. The van der Waals surface area contributed by atoms with Crippen LogP contribution in [-0.2, 0) is 6.42 Å². The fraction of sp³-hybridized carbons (Fsp3) is 0.600. The smallest absolute Gasteiger partial charge is 0.0636 e. The quantitative estimate of drug-likeness (QED) is 0.813. The lowest BCUT2D eigenvalue weighted by molar-refractivity contribution is 0.0257. The molecule has 17 heavy (non-hydrogen) atoms. The van der Waals surface area contributed by atoms with Gasteiger partial charge in [-0.25, -0.2) is 0 Å². The van der Waals surface area contributed by atoms with Crippen molar-refractivity contribution < 1.29 is 5.11 Å². The Morgan fingerprint density at radius 2 is 1.82 bits per heavy atom. The molecule has 1 saturated carbocycles. The van der Waals surface area contributed by atoms with Crippen LogP contribution in [-0.4, -0.2) is 11.2 Å². The molecule has 1 fully saturated rings. The molecule has 0 amide bonds. The standard InChI is InChI=1S/C15H21IO/c1-2-15(9-3-4-10-15)14(17)11-12-5-7-13(16)8-6-12/h5-8,14,17H,2-4,9-11H2,1H3. The van der Waals surface area contributed by atoms with Crippen molar-refractivity contribution >= 4 is 22.6 Å². The van der Waals surface area contributed by atoms with E-state index in [0.29, 0.717) is 0 Å². The molecule has 1 aromatic rings. The van der Waals surface area contributed by atoms with E-state index in [2.05, 4.69) is 53.8 Å². The Bertz CT molecular complexity index is 352. The first-order valence-electron chi connectivity index (χ1n) is 6.59. The fourth-order valence-corrected chi connectivity index (χ4v) is 3.42. The van der Waals surface area contributed by atoms with Crippen LogP contribution in [0.3, 0.4) is 0 Å². The number of benzene rings is 1. The van der Waals surface area contributed by atoms with Crippen molar-refractivity contribution in [3.8, 4) is 0 Å². The summed E-state index contributed by atoms with van der Waals surface area (Å²) < 4.78 is 1.26. The van der Waals surface area contributed by atoms with Gasteiger partial charge in [0.25, 0.3) is 0 Å². The first-order chi connectivity index (χ1) is 8.16. The summed E-state index contributed by atoms with van der Waals surface area (Å²) in [6.45, 7) is 2.22. The maximum atomic E-state index is 10.5. The van der Waals surface area contributed by atoms with Gasteiger partial charge in [-0.15, -0.1) is 0 Å². The molecule has 0 spiro atoms. The first kappa shape index (κ1) is 13.3. The molecular weight excluding hydrogens is 323 g/mol. The summed E-state index contributed by atoms with van der Waals surface area (Å²) in [6, 6.07) is 8.53. The third kappa shape index (κ3) is 3.02. The van der Waals surface area contributed by atoms with Crippen LogP contribution in [0, 0.1) is 8.99 Å². The van der Waals surface area contributed by atoms with Crippen LogP contribution < -0.4 is 0 Å². The van der Waals surface area contributed by atoms with Crippen LogP contribution in [0.5, 0.6) is 0 Å². The summed E-state index contributed by atoms with van der Waals surface area (Å²) >= 11 is 2.32. The summed E-state index contributed by atoms with van der Waals surface area (Å²) in [6.07, 6.45) is 6.73. The van der Waals surface area contributed by atoms with Gasteiger partial charge in [0.15, 0.2) is 0 Å². The molecule has 0 heterocycles. The molecular formula is C15H21IO. The summed E-state index contributed by atoms with van der Waals surface area (Å²) in [5.74, 6) is 0. The van der Waals surface area contributed by atoms with Crippen LogP contribution in [0.2, 0.25) is 0 Å². The highest BCUT2D eigenvalue weighted by atomic mass is 127. The summed E-state index contributed by atoms with van der Waals surface area (Å²) in [4.78, 5) is 0. The van der Waals surface area contributed by atoms with E-state index in [1.807, 2.05) is 0 Å². The van der Waals surface area contributed by atoms with Gasteiger partial charge in [0.1, 0.15) is 0 Å². The van der Waals surface area contributed by atoms with Crippen LogP contribution >= 0.6 is 22.6 Å². The van der Waals surface area contributed by atoms with Crippen molar-refractivity contribution in [1.29, 1.82) is 0 Å². The van der Waals surface area contributed by atoms with Crippen LogP contribution in [0.25, 0.3) is 0 Å². The third-order valence-electron chi connectivity index (χ3n) is 4.35. The number of hydrogen-bond donors (Lipinski definition) is 1. The Balaban J connectivity index is 2.05. The second kappa shape index (κ2) is 5.70. The molecule has 1 atom stereocenters. The van der Waals surface area contributed by atoms with Gasteiger partial charge >= 0.3 is 0 Å². The SMILES string of the molecule is CCC1(C(O)Cc2ccc(I)cc2)CCCC1. The van der Waals surface area contributed by atoms with Gasteiger partial charge < -0.3 is 5.11 Å². The van der Waals surface area contributed by atoms with Gasteiger partial charge in [-0.05, 0) is 71.4 Å². The molecule has 1 N–H and O–H groups in total. The lowest BCUT2D eigenvalue weighted by Crippen LogP contribution is -2.33. The first-order valence-corrected chi connectivity index (χ1v) is 7.67.